The van der Waals surface area contributed by atoms with Gasteiger partial charge in [0.2, 0.25) is 0 Å². The summed E-state index contributed by atoms with van der Waals surface area (Å²) in [6, 6.07) is 16.7. The first-order valence-electron chi connectivity index (χ1n) is 7.00. The lowest BCUT2D eigenvalue weighted by molar-refractivity contribution is 0.572. The van der Waals surface area contributed by atoms with E-state index in [1.54, 1.807) is 48.5 Å². The number of benzene rings is 2. The van der Waals surface area contributed by atoms with E-state index in [9.17, 15) is 9.65 Å². The van der Waals surface area contributed by atoms with Crippen molar-refractivity contribution >= 4 is 34.9 Å². The highest BCUT2D eigenvalue weighted by Gasteiger charge is 2.10. The van der Waals surface area contributed by atoms with Gasteiger partial charge in [-0.3, -0.25) is 0 Å². The van der Waals surface area contributed by atoms with E-state index in [-0.39, 0.29) is 11.1 Å². The van der Waals surface area contributed by atoms with Crippen molar-refractivity contribution in [3.63, 3.8) is 0 Å². The Bertz CT molecular complexity index is 969. The number of allylic oxidation sites excluding steroid dienone is 1. The molecule has 0 atom stereocenters. The molecule has 0 fully saturated rings. The zero-order valence-electron chi connectivity index (χ0n) is 12.3. The quantitative estimate of drug-likeness (QED) is 0.504. The number of hydrogen-bond donors (Lipinski definition) is 0. The maximum absolute atomic E-state index is 13.8. The maximum Gasteiger partial charge on any atom is 0.134 e. The van der Waals surface area contributed by atoms with E-state index in [1.165, 1.54) is 12.1 Å². The van der Waals surface area contributed by atoms with Crippen molar-refractivity contribution in [1.29, 1.82) is 5.26 Å². The van der Waals surface area contributed by atoms with Crippen molar-refractivity contribution in [2.45, 2.75) is 0 Å². The maximum atomic E-state index is 13.8. The summed E-state index contributed by atoms with van der Waals surface area (Å²) in [5, 5.41) is 10.2. The summed E-state index contributed by atoms with van der Waals surface area (Å²) in [7, 11) is 0. The predicted molar refractivity (Wildman–Crippen MR) is 94.0 cm³/mol. The summed E-state index contributed by atoms with van der Waals surface area (Å²) in [6.45, 7) is 0. The summed E-state index contributed by atoms with van der Waals surface area (Å²) < 4.78 is 19.5. The van der Waals surface area contributed by atoms with Gasteiger partial charge in [-0.05, 0) is 42.5 Å². The van der Waals surface area contributed by atoms with E-state index in [0.29, 0.717) is 21.6 Å². The van der Waals surface area contributed by atoms with Crippen molar-refractivity contribution in [3.05, 3.63) is 81.8 Å². The monoisotopic (exact) mass is 357 g/mol. The standard InChI is InChI=1S/C19H10Cl2FNO/c20-16-7-5-12(10-17(16)21)19-8-6-14(24-19)9-13(11-23)15-3-1-2-4-18(15)22/h1-10H. The molecule has 3 aromatic rings. The van der Waals surface area contributed by atoms with Gasteiger partial charge < -0.3 is 4.42 Å². The van der Waals surface area contributed by atoms with Crippen LogP contribution in [0.5, 0.6) is 0 Å². The number of nitrogens with zero attached hydrogens (tertiary/aromatic N) is 1. The van der Waals surface area contributed by atoms with Crippen LogP contribution in [-0.2, 0) is 0 Å². The normalized spacial score (nSPS) is 11.3. The first kappa shape index (κ1) is 16.3. The highest BCUT2D eigenvalue weighted by molar-refractivity contribution is 6.42. The lowest BCUT2D eigenvalue weighted by atomic mass is 10.1. The Balaban J connectivity index is 1.97. The third-order valence-corrected chi connectivity index (χ3v) is 4.14. The lowest BCUT2D eigenvalue weighted by Crippen LogP contribution is -1.86. The molecule has 0 N–H and O–H groups in total. The number of furan rings is 1. The topological polar surface area (TPSA) is 36.9 Å². The molecule has 0 aliphatic heterocycles. The summed E-state index contributed by atoms with van der Waals surface area (Å²) in [5.74, 6) is 0.558. The predicted octanol–water partition coefficient (Wildman–Crippen LogP) is 6.46. The van der Waals surface area contributed by atoms with Crippen molar-refractivity contribution in [2.75, 3.05) is 0 Å². The zero-order chi connectivity index (χ0) is 17.1. The fraction of sp³-hybridized carbons (Fsp3) is 0. The third kappa shape index (κ3) is 3.35. The number of hydrogen-bond acceptors (Lipinski definition) is 2. The highest BCUT2D eigenvalue weighted by Crippen LogP contribution is 2.30. The largest absolute Gasteiger partial charge is 0.457 e. The molecule has 0 amide bonds. The minimum Gasteiger partial charge on any atom is -0.457 e. The minimum atomic E-state index is -0.457. The molecule has 1 heterocycles. The average molecular weight is 358 g/mol. The fourth-order valence-corrected chi connectivity index (χ4v) is 2.53. The van der Waals surface area contributed by atoms with Gasteiger partial charge in [0.05, 0.1) is 21.7 Å². The molecule has 0 aliphatic carbocycles. The van der Waals surface area contributed by atoms with Crippen LogP contribution >= 0.6 is 23.2 Å². The molecule has 1 aromatic heterocycles. The van der Waals surface area contributed by atoms with E-state index in [1.807, 2.05) is 6.07 Å². The Morgan fingerprint density at radius 1 is 1.04 bits per heavy atom. The third-order valence-electron chi connectivity index (χ3n) is 3.40. The number of nitriles is 1. The molecular formula is C19H10Cl2FNO. The Kier molecular flexibility index (Phi) is 4.71. The molecule has 0 saturated carbocycles. The van der Waals surface area contributed by atoms with Crippen LogP contribution in [0.1, 0.15) is 11.3 Å². The second-order valence-corrected chi connectivity index (χ2v) is 5.79. The smallest absolute Gasteiger partial charge is 0.134 e. The van der Waals surface area contributed by atoms with Crippen molar-refractivity contribution < 1.29 is 8.81 Å². The van der Waals surface area contributed by atoms with Crippen molar-refractivity contribution in [2.24, 2.45) is 0 Å². The van der Waals surface area contributed by atoms with Crippen LogP contribution in [0, 0.1) is 17.1 Å². The number of halogens is 3. The highest BCUT2D eigenvalue weighted by atomic mass is 35.5. The van der Waals surface area contributed by atoms with Gasteiger partial charge in [-0.2, -0.15) is 5.26 Å². The van der Waals surface area contributed by atoms with Crippen LogP contribution in [0.25, 0.3) is 23.0 Å². The lowest BCUT2D eigenvalue weighted by Gasteiger charge is -2.01. The Hall–Kier alpha value is -2.54. The van der Waals surface area contributed by atoms with E-state index in [4.69, 9.17) is 27.6 Å². The van der Waals surface area contributed by atoms with Crippen LogP contribution < -0.4 is 0 Å². The van der Waals surface area contributed by atoms with Gasteiger partial charge in [-0.15, -0.1) is 0 Å². The summed E-state index contributed by atoms with van der Waals surface area (Å²) in [4.78, 5) is 0. The van der Waals surface area contributed by atoms with Crippen LogP contribution in [0.3, 0.4) is 0 Å². The van der Waals surface area contributed by atoms with Gasteiger partial charge >= 0.3 is 0 Å². The van der Waals surface area contributed by atoms with Crippen LogP contribution in [0.2, 0.25) is 10.0 Å². The van der Waals surface area contributed by atoms with Gasteiger partial charge in [0.25, 0.3) is 0 Å². The number of rotatable bonds is 3. The Morgan fingerprint density at radius 3 is 2.54 bits per heavy atom. The average Bonchev–Trinajstić information content (AvgIpc) is 3.04. The fourth-order valence-electron chi connectivity index (χ4n) is 2.23. The summed E-state index contributed by atoms with van der Waals surface area (Å²) in [5.41, 5.74) is 1.17. The van der Waals surface area contributed by atoms with E-state index < -0.39 is 5.82 Å². The van der Waals surface area contributed by atoms with Crippen LogP contribution in [0.4, 0.5) is 4.39 Å². The zero-order valence-corrected chi connectivity index (χ0v) is 13.8. The van der Waals surface area contributed by atoms with Gasteiger partial charge in [0, 0.05) is 11.1 Å². The molecule has 0 radical (unpaired) electrons. The molecule has 0 saturated heterocycles. The molecule has 2 nitrogen and oxygen atoms in total. The molecule has 0 spiro atoms. The molecule has 0 bridgehead atoms. The van der Waals surface area contributed by atoms with E-state index in [0.717, 1.165) is 5.56 Å². The minimum absolute atomic E-state index is 0.183. The second-order valence-electron chi connectivity index (χ2n) is 4.98. The molecule has 3 rings (SSSR count). The molecule has 24 heavy (non-hydrogen) atoms. The first-order valence-corrected chi connectivity index (χ1v) is 7.76. The molecule has 0 unspecified atom stereocenters. The molecular weight excluding hydrogens is 348 g/mol. The van der Waals surface area contributed by atoms with Gasteiger partial charge in [0.15, 0.2) is 0 Å². The Morgan fingerprint density at radius 2 is 1.83 bits per heavy atom. The van der Waals surface area contributed by atoms with Gasteiger partial charge in [0.1, 0.15) is 17.3 Å². The second kappa shape index (κ2) is 6.92. The molecule has 2 aromatic carbocycles. The molecule has 0 aliphatic rings. The molecule has 118 valence electrons. The SMILES string of the molecule is N#CC(=Cc1ccc(-c2ccc(Cl)c(Cl)c2)o1)c1ccccc1F. The van der Waals surface area contributed by atoms with Crippen molar-refractivity contribution in [1.82, 2.24) is 0 Å². The van der Waals surface area contributed by atoms with Crippen LogP contribution in [-0.4, -0.2) is 0 Å². The Labute approximate surface area is 148 Å². The van der Waals surface area contributed by atoms with Crippen LogP contribution in [0.15, 0.2) is 59.0 Å². The van der Waals surface area contributed by atoms with Gasteiger partial charge in [-0.25, -0.2) is 4.39 Å². The van der Waals surface area contributed by atoms with Gasteiger partial charge in [-0.1, -0.05) is 41.4 Å². The van der Waals surface area contributed by atoms with E-state index in [2.05, 4.69) is 0 Å². The van der Waals surface area contributed by atoms with Crippen molar-refractivity contribution in [3.8, 4) is 17.4 Å². The summed E-state index contributed by atoms with van der Waals surface area (Å²) in [6.07, 6.45) is 1.50. The molecule has 5 heteroatoms. The first-order chi connectivity index (χ1) is 11.6. The summed E-state index contributed by atoms with van der Waals surface area (Å²) >= 11 is 11.9. The van der Waals surface area contributed by atoms with E-state index >= 15 is 0 Å².